The van der Waals surface area contributed by atoms with E-state index in [0.717, 1.165) is 0 Å². The molecule has 0 heterocycles. The van der Waals surface area contributed by atoms with Crippen molar-refractivity contribution in [3.8, 4) is 0 Å². The molecule has 0 fully saturated rings. The molecule has 0 amide bonds. The van der Waals surface area contributed by atoms with Crippen molar-refractivity contribution in [3.05, 3.63) is 0 Å². The first-order chi connectivity index (χ1) is 4.46. The molecule has 0 aromatic carbocycles. The number of nitrogens with zero attached hydrogens (tertiary/aromatic N) is 1. The van der Waals surface area contributed by atoms with Crippen molar-refractivity contribution in [2.75, 3.05) is 0 Å². The zero-order valence-electron chi connectivity index (χ0n) is 6.93. The van der Waals surface area contributed by atoms with Gasteiger partial charge in [-0.3, -0.25) is 4.70 Å². The molecule has 0 radical (unpaired) electrons. The molecule has 0 bridgehead atoms. The van der Waals surface area contributed by atoms with Gasteiger partial charge in [0.05, 0.1) is 0 Å². The highest BCUT2D eigenvalue weighted by Crippen LogP contribution is 2.04. The van der Waals surface area contributed by atoms with E-state index < -0.39 is 18.7 Å². The number of hydrogen-bond acceptors (Lipinski definition) is 4. The van der Waals surface area contributed by atoms with Gasteiger partial charge in [0.25, 0.3) is 0 Å². The van der Waals surface area contributed by atoms with Gasteiger partial charge in [-0.05, 0) is 20.8 Å². The molecule has 70 valence electrons. The predicted octanol–water partition coefficient (Wildman–Crippen LogP) is -0.544. The van der Waals surface area contributed by atoms with Gasteiger partial charge in [0.1, 0.15) is 18.7 Å². The van der Waals surface area contributed by atoms with E-state index >= 15 is 0 Å². The first kappa shape index (κ1) is 13.4. The van der Waals surface area contributed by atoms with Gasteiger partial charge in [-0.15, -0.1) is 0 Å². The Hall–Kier alpha value is -0.230. The van der Waals surface area contributed by atoms with Gasteiger partial charge in [-0.1, -0.05) is 0 Å². The van der Waals surface area contributed by atoms with Gasteiger partial charge < -0.3 is 15.3 Å². The SMILES string of the molecule is CC(O)N(C(C)O)C(C)O.F. The number of hydrogen-bond donors (Lipinski definition) is 3. The van der Waals surface area contributed by atoms with Gasteiger partial charge in [-0.2, -0.15) is 0 Å². The summed E-state index contributed by atoms with van der Waals surface area (Å²) in [5, 5.41) is 26.9. The Morgan fingerprint density at radius 2 is 1.00 bits per heavy atom. The Balaban J connectivity index is 0. The molecule has 3 atom stereocenters. The van der Waals surface area contributed by atoms with Gasteiger partial charge in [-0.25, -0.2) is 4.90 Å². The maximum Gasteiger partial charge on any atom is 0.108 e. The van der Waals surface area contributed by atoms with E-state index in [1.54, 1.807) is 0 Å². The molecule has 3 unspecified atom stereocenters. The Kier molecular flexibility index (Phi) is 6.59. The lowest BCUT2D eigenvalue weighted by Crippen LogP contribution is -2.45. The third-order valence-corrected chi connectivity index (χ3v) is 1.29. The predicted molar refractivity (Wildman–Crippen MR) is 39.4 cm³/mol. The van der Waals surface area contributed by atoms with Gasteiger partial charge in [0, 0.05) is 0 Å². The van der Waals surface area contributed by atoms with Crippen LogP contribution in [0.5, 0.6) is 0 Å². The largest absolute Gasteiger partial charge is 0.379 e. The molecule has 0 aliphatic heterocycles. The second-order valence-corrected chi connectivity index (χ2v) is 2.34. The summed E-state index contributed by atoms with van der Waals surface area (Å²) >= 11 is 0. The van der Waals surface area contributed by atoms with Crippen LogP contribution in [0.25, 0.3) is 0 Å². The molecule has 0 aromatic rings. The van der Waals surface area contributed by atoms with E-state index in [0.29, 0.717) is 0 Å². The smallest absolute Gasteiger partial charge is 0.108 e. The third-order valence-electron chi connectivity index (χ3n) is 1.29. The summed E-state index contributed by atoms with van der Waals surface area (Å²) in [6, 6.07) is 0. The minimum atomic E-state index is -0.833. The van der Waals surface area contributed by atoms with Crippen molar-refractivity contribution >= 4 is 0 Å². The summed E-state index contributed by atoms with van der Waals surface area (Å²) in [4.78, 5) is 1.17. The van der Waals surface area contributed by atoms with Crippen molar-refractivity contribution in [1.82, 2.24) is 4.90 Å². The molecule has 0 rings (SSSR count). The molecule has 0 aliphatic carbocycles. The zero-order valence-corrected chi connectivity index (χ0v) is 6.93. The van der Waals surface area contributed by atoms with Crippen LogP contribution < -0.4 is 0 Å². The molecule has 0 saturated carbocycles. The summed E-state index contributed by atoms with van der Waals surface area (Å²) in [6.07, 6.45) is -2.50. The van der Waals surface area contributed by atoms with Crippen LogP contribution in [-0.4, -0.2) is 38.9 Å². The summed E-state index contributed by atoms with van der Waals surface area (Å²) in [5.41, 5.74) is 0. The fraction of sp³-hybridized carbons (Fsp3) is 1.00. The Morgan fingerprint density at radius 1 is 0.818 bits per heavy atom. The second-order valence-electron chi connectivity index (χ2n) is 2.34. The molecule has 0 aromatic heterocycles. The number of aliphatic hydroxyl groups excluding tert-OH is 3. The fourth-order valence-electron chi connectivity index (χ4n) is 0.937. The average Bonchev–Trinajstić information content (AvgIpc) is 1.59. The lowest BCUT2D eigenvalue weighted by atomic mass is 10.4. The van der Waals surface area contributed by atoms with Crippen molar-refractivity contribution in [2.24, 2.45) is 0 Å². The van der Waals surface area contributed by atoms with Crippen molar-refractivity contribution in [2.45, 2.75) is 39.5 Å². The Morgan fingerprint density at radius 3 is 1.00 bits per heavy atom. The van der Waals surface area contributed by atoms with Gasteiger partial charge >= 0.3 is 0 Å². The van der Waals surface area contributed by atoms with Crippen LogP contribution in [0.4, 0.5) is 4.70 Å². The fourth-order valence-corrected chi connectivity index (χ4v) is 0.937. The molecule has 3 N–H and O–H groups in total. The highest BCUT2D eigenvalue weighted by atomic mass is 19.0. The minimum absolute atomic E-state index is 0. The van der Waals surface area contributed by atoms with Gasteiger partial charge in [0.15, 0.2) is 0 Å². The summed E-state index contributed by atoms with van der Waals surface area (Å²) in [7, 11) is 0. The van der Waals surface area contributed by atoms with Crippen molar-refractivity contribution in [1.29, 1.82) is 0 Å². The quantitative estimate of drug-likeness (QED) is 0.496. The first-order valence-electron chi connectivity index (χ1n) is 3.28. The maximum atomic E-state index is 8.96. The van der Waals surface area contributed by atoms with Crippen LogP contribution in [0.1, 0.15) is 20.8 Å². The zero-order chi connectivity index (χ0) is 8.31. The van der Waals surface area contributed by atoms with Crippen molar-refractivity contribution in [3.63, 3.8) is 0 Å². The second kappa shape index (κ2) is 5.42. The van der Waals surface area contributed by atoms with E-state index in [1.165, 1.54) is 25.7 Å². The van der Waals surface area contributed by atoms with Crippen LogP contribution in [0, 0.1) is 0 Å². The van der Waals surface area contributed by atoms with Crippen LogP contribution in [0.2, 0.25) is 0 Å². The summed E-state index contributed by atoms with van der Waals surface area (Å²) in [5.74, 6) is 0. The van der Waals surface area contributed by atoms with Gasteiger partial charge in [0.2, 0.25) is 0 Å². The molecular formula is C6H16FNO3. The van der Waals surface area contributed by atoms with Crippen LogP contribution in [-0.2, 0) is 0 Å². The number of rotatable bonds is 3. The van der Waals surface area contributed by atoms with E-state index in [2.05, 4.69) is 0 Å². The molecule has 0 aliphatic rings. The van der Waals surface area contributed by atoms with Crippen molar-refractivity contribution < 1.29 is 20.0 Å². The number of halogens is 1. The average molecular weight is 169 g/mol. The maximum absolute atomic E-state index is 8.96. The van der Waals surface area contributed by atoms with Crippen LogP contribution in [0.15, 0.2) is 0 Å². The number of aliphatic hydroxyl groups is 3. The highest BCUT2D eigenvalue weighted by Gasteiger charge is 2.19. The summed E-state index contributed by atoms with van der Waals surface area (Å²) < 4.78 is 0. The standard InChI is InChI=1S/C6H15NO3.FH/c1-4(8)7(5(2)9)6(3)10;/h4-6,8-10H,1-3H3;1H. The monoisotopic (exact) mass is 169 g/mol. The topological polar surface area (TPSA) is 63.9 Å². The van der Waals surface area contributed by atoms with E-state index in [4.69, 9.17) is 15.3 Å². The minimum Gasteiger partial charge on any atom is -0.379 e. The Bertz CT molecular complexity index is 78.8. The van der Waals surface area contributed by atoms with E-state index in [-0.39, 0.29) is 4.70 Å². The first-order valence-corrected chi connectivity index (χ1v) is 3.28. The Labute approximate surface area is 65.4 Å². The molecule has 11 heavy (non-hydrogen) atoms. The molecular weight excluding hydrogens is 153 g/mol. The van der Waals surface area contributed by atoms with E-state index in [9.17, 15) is 0 Å². The molecule has 0 saturated heterocycles. The van der Waals surface area contributed by atoms with Crippen LogP contribution in [0.3, 0.4) is 0 Å². The summed E-state index contributed by atoms with van der Waals surface area (Å²) in [6.45, 7) is 4.46. The van der Waals surface area contributed by atoms with Crippen LogP contribution >= 0.6 is 0 Å². The lowest BCUT2D eigenvalue weighted by Gasteiger charge is -2.30. The molecule has 4 nitrogen and oxygen atoms in total. The van der Waals surface area contributed by atoms with E-state index in [1.807, 2.05) is 0 Å². The lowest BCUT2D eigenvalue weighted by molar-refractivity contribution is -0.159. The third kappa shape index (κ3) is 4.26. The highest BCUT2D eigenvalue weighted by molar-refractivity contribution is 4.58. The normalized spacial score (nSPS) is 18.8. The molecule has 5 heteroatoms. The molecule has 0 spiro atoms.